The minimum atomic E-state index is -0.291. The van der Waals surface area contributed by atoms with E-state index in [9.17, 15) is 4.79 Å². The fourth-order valence-corrected chi connectivity index (χ4v) is 3.19. The average molecular weight is 379 g/mol. The Hall–Kier alpha value is -2.25. The summed E-state index contributed by atoms with van der Waals surface area (Å²) in [5, 5.41) is 7.94. The molecule has 1 N–H and O–H groups in total. The number of methoxy groups -OCH3 is 1. The summed E-state index contributed by atoms with van der Waals surface area (Å²) in [6, 6.07) is 5.15. The molecule has 1 aromatic heterocycles. The highest BCUT2D eigenvalue weighted by Crippen LogP contribution is 2.29. The number of aryl methyl sites for hydroxylation is 1. The summed E-state index contributed by atoms with van der Waals surface area (Å²) in [5.74, 6) is 0.641. The van der Waals surface area contributed by atoms with Gasteiger partial charge in [-0.25, -0.2) is 0 Å². The predicted octanol–water partition coefficient (Wildman–Crippen LogP) is 2.71. The Labute approximate surface area is 157 Å². The third kappa shape index (κ3) is 4.28. The Morgan fingerprint density at radius 2 is 2.23 bits per heavy atom. The number of amides is 1. The van der Waals surface area contributed by atoms with Gasteiger partial charge in [0, 0.05) is 32.6 Å². The highest BCUT2D eigenvalue weighted by Gasteiger charge is 2.30. The molecule has 1 aliphatic heterocycles. The Morgan fingerprint density at radius 3 is 2.92 bits per heavy atom. The van der Waals surface area contributed by atoms with Crippen LogP contribution in [0.3, 0.4) is 0 Å². The second-order valence-corrected chi connectivity index (χ2v) is 6.59. The molecule has 0 radical (unpaired) electrons. The number of nitrogens with one attached hydrogen (secondary N) is 1. The third-order valence-corrected chi connectivity index (χ3v) is 4.55. The molecule has 2 heterocycles. The number of rotatable bonds is 7. The first-order chi connectivity index (χ1) is 12.6. The minimum absolute atomic E-state index is 0.0424. The van der Waals surface area contributed by atoms with Crippen LogP contribution in [0, 0.1) is 0 Å². The molecule has 140 valence electrons. The zero-order valence-electron chi connectivity index (χ0n) is 14.9. The van der Waals surface area contributed by atoms with Crippen LogP contribution in [0.5, 0.6) is 5.75 Å². The molecule has 1 aromatic carbocycles. The molecule has 0 bridgehead atoms. The number of benzene rings is 1. The number of carbonyl (C=O) groups excluding carboxylic acids is 1. The van der Waals surface area contributed by atoms with Crippen molar-refractivity contribution in [2.75, 3.05) is 37.1 Å². The van der Waals surface area contributed by atoms with E-state index in [0.717, 1.165) is 24.2 Å². The number of carbonyl (C=O) groups is 1. The summed E-state index contributed by atoms with van der Waals surface area (Å²) < 4.78 is 12.2. The highest BCUT2D eigenvalue weighted by atomic mass is 35.5. The second kappa shape index (κ2) is 8.42. The van der Waals surface area contributed by atoms with Gasteiger partial charge in [-0.2, -0.15) is 5.10 Å². The van der Waals surface area contributed by atoms with Gasteiger partial charge in [-0.05, 0) is 31.0 Å². The van der Waals surface area contributed by atoms with Crippen LogP contribution in [-0.2, 0) is 16.6 Å². The second-order valence-electron chi connectivity index (χ2n) is 6.19. The van der Waals surface area contributed by atoms with Crippen molar-refractivity contribution in [2.45, 2.75) is 18.9 Å². The van der Waals surface area contributed by atoms with Gasteiger partial charge < -0.3 is 19.7 Å². The maximum Gasteiger partial charge on any atom is 0.249 e. The van der Waals surface area contributed by atoms with Crippen molar-refractivity contribution in [2.24, 2.45) is 7.05 Å². The summed E-state index contributed by atoms with van der Waals surface area (Å²) in [5.41, 5.74) is 1.62. The van der Waals surface area contributed by atoms with Crippen molar-refractivity contribution in [1.82, 2.24) is 9.78 Å². The van der Waals surface area contributed by atoms with Gasteiger partial charge in [-0.15, -0.1) is 0 Å². The molecular weight excluding hydrogens is 356 g/mol. The lowest BCUT2D eigenvalue weighted by atomic mass is 10.0. The maximum atomic E-state index is 12.8. The smallest absolute Gasteiger partial charge is 0.249 e. The molecule has 7 nitrogen and oxygen atoms in total. The van der Waals surface area contributed by atoms with E-state index in [-0.39, 0.29) is 11.9 Å². The summed E-state index contributed by atoms with van der Waals surface area (Å²) >= 11 is 6.28. The fraction of sp³-hybridized carbons (Fsp3) is 0.444. The Balaban J connectivity index is 1.66. The van der Waals surface area contributed by atoms with Crippen LogP contribution in [0.15, 0.2) is 30.6 Å². The van der Waals surface area contributed by atoms with Crippen molar-refractivity contribution in [3.8, 4) is 5.75 Å². The van der Waals surface area contributed by atoms with E-state index in [0.29, 0.717) is 30.5 Å². The van der Waals surface area contributed by atoms with E-state index in [2.05, 4.69) is 10.4 Å². The molecule has 1 fully saturated rings. The zero-order valence-corrected chi connectivity index (χ0v) is 15.7. The summed E-state index contributed by atoms with van der Waals surface area (Å²) in [7, 11) is 3.46. The van der Waals surface area contributed by atoms with E-state index in [1.807, 2.05) is 19.3 Å². The Morgan fingerprint density at radius 1 is 1.38 bits per heavy atom. The van der Waals surface area contributed by atoms with Crippen molar-refractivity contribution >= 4 is 28.9 Å². The van der Waals surface area contributed by atoms with Gasteiger partial charge in [0.25, 0.3) is 0 Å². The lowest BCUT2D eigenvalue weighted by Crippen LogP contribution is -2.47. The molecule has 1 saturated heterocycles. The van der Waals surface area contributed by atoms with E-state index in [1.54, 1.807) is 35.0 Å². The number of hydrogen-bond donors (Lipinski definition) is 1. The normalized spacial score (nSPS) is 17.4. The van der Waals surface area contributed by atoms with Crippen molar-refractivity contribution in [1.29, 1.82) is 0 Å². The van der Waals surface area contributed by atoms with Crippen molar-refractivity contribution < 1.29 is 14.3 Å². The first kappa shape index (κ1) is 18.5. The van der Waals surface area contributed by atoms with Gasteiger partial charge in [0.05, 0.1) is 23.5 Å². The van der Waals surface area contributed by atoms with E-state index >= 15 is 0 Å². The lowest BCUT2D eigenvalue weighted by molar-refractivity contribution is -0.120. The van der Waals surface area contributed by atoms with Crippen molar-refractivity contribution in [3.05, 3.63) is 35.6 Å². The number of ether oxygens (including phenoxy) is 2. The topological polar surface area (TPSA) is 68.6 Å². The predicted molar refractivity (Wildman–Crippen MR) is 101 cm³/mol. The standard InChI is InChI=1S/C18H23ClN4O3/c1-22-12-14(11-20-22)23-7-3-4-16(18(23)24)21-13-5-6-17(15(19)10-13)26-9-8-25-2/h5-6,10-12,16,21H,3-4,7-9H2,1-2H3/t16-/m1/s1. The zero-order chi connectivity index (χ0) is 18.5. The maximum absolute atomic E-state index is 12.8. The number of halogens is 1. The van der Waals surface area contributed by atoms with Gasteiger partial charge in [0.2, 0.25) is 5.91 Å². The van der Waals surface area contributed by atoms with Crippen LogP contribution in [-0.4, -0.2) is 48.6 Å². The van der Waals surface area contributed by atoms with Crippen LogP contribution in [0.4, 0.5) is 11.4 Å². The SMILES string of the molecule is COCCOc1ccc(N[C@@H]2CCCN(c3cnn(C)c3)C2=O)cc1Cl. The molecule has 1 atom stereocenters. The average Bonchev–Trinajstić information content (AvgIpc) is 3.05. The van der Waals surface area contributed by atoms with E-state index in [4.69, 9.17) is 21.1 Å². The molecule has 1 aliphatic rings. The molecule has 0 saturated carbocycles. The van der Waals surface area contributed by atoms with E-state index < -0.39 is 0 Å². The summed E-state index contributed by atoms with van der Waals surface area (Å²) in [6.45, 7) is 1.64. The van der Waals surface area contributed by atoms with Gasteiger partial charge >= 0.3 is 0 Å². The number of hydrogen-bond acceptors (Lipinski definition) is 5. The number of nitrogens with zero attached hydrogens (tertiary/aromatic N) is 3. The first-order valence-electron chi connectivity index (χ1n) is 8.56. The van der Waals surface area contributed by atoms with Gasteiger partial charge in [-0.1, -0.05) is 11.6 Å². The summed E-state index contributed by atoms with van der Waals surface area (Å²) in [6.07, 6.45) is 5.26. The van der Waals surface area contributed by atoms with Crippen LogP contribution >= 0.6 is 11.6 Å². The monoisotopic (exact) mass is 378 g/mol. The molecule has 1 amide bonds. The molecule has 0 unspecified atom stereocenters. The first-order valence-corrected chi connectivity index (χ1v) is 8.94. The van der Waals surface area contributed by atoms with Crippen LogP contribution in [0.25, 0.3) is 0 Å². The molecule has 0 spiro atoms. The molecule has 8 heteroatoms. The molecular formula is C18H23ClN4O3. The lowest BCUT2D eigenvalue weighted by Gasteiger charge is -2.32. The highest BCUT2D eigenvalue weighted by molar-refractivity contribution is 6.32. The fourth-order valence-electron chi connectivity index (χ4n) is 2.96. The minimum Gasteiger partial charge on any atom is -0.490 e. The van der Waals surface area contributed by atoms with Crippen LogP contribution < -0.4 is 15.0 Å². The van der Waals surface area contributed by atoms with Gasteiger partial charge in [0.15, 0.2) is 0 Å². The van der Waals surface area contributed by atoms with Crippen LogP contribution in [0.1, 0.15) is 12.8 Å². The molecule has 0 aliphatic carbocycles. The van der Waals surface area contributed by atoms with Crippen LogP contribution in [0.2, 0.25) is 5.02 Å². The third-order valence-electron chi connectivity index (χ3n) is 4.26. The molecule has 3 rings (SSSR count). The summed E-state index contributed by atoms with van der Waals surface area (Å²) in [4.78, 5) is 14.6. The number of aromatic nitrogens is 2. The quantitative estimate of drug-likeness (QED) is 0.750. The van der Waals surface area contributed by atoms with Gasteiger partial charge in [-0.3, -0.25) is 9.48 Å². The molecule has 26 heavy (non-hydrogen) atoms. The number of anilines is 2. The number of piperidine rings is 1. The van der Waals surface area contributed by atoms with E-state index in [1.165, 1.54) is 0 Å². The van der Waals surface area contributed by atoms with Gasteiger partial charge in [0.1, 0.15) is 18.4 Å². The molecule has 2 aromatic rings. The Kier molecular flexibility index (Phi) is 6.00. The van der Waals surface area contributed by atoms with Crippen molar-refractivity contribution in [3.63, 3.8) is 0 Å². The largest absolute Gasteiger partial charge is 0.490 e. The Bertz CT molecular complexity index is 765.